The van der Waals surface area contributed by atoms with Gasteiger partial charge >= 0.3 is 0 Å². The molecule has 0 aliphatic heterocycles. The van der Waals surface area contributed by atoms with E-state index in [9.17, 15) is 13.2 Å². The van der Waals surface area contributed by atoms with Crippen LogP contribution >= 0.6 is 0 Å². The third kappa shape index (κ3) is 3.06. The van der Waals surface area contributed by atoms with E-state index in [-0.39, 0.29) is 10.3 Å². The van der Waals surface area contributed by atoms with Gasteiger partial charge in [-0.15, -0.1) is 0 Å². The van der Waals surface area contributed by atoms with Gasteiger partial charge in [0, 0.05) is 25.0 Å². The lowest BCUT2D eigenvalue weighted by molar-refractivity contribution is 0.285. The van der Waals surface area contributed by atoms with E-state index >= 15 is 0 Å². The Balaban J connectivity index is 2.15. The monoisotopic (exact) mass is 284 g/mol. The zero-order valence-corrected chi connectivity index (χ0v) is 11.9. The van der Waals surface area contributed by atoms with E-state index in [4.69, 9.17) is 0 Å². The Morgan fingerprint density at radius 3 is 2.63 bits per heavy atom. The van der Waals surface area contributed by atoms with Gasteiger partial charge in [-0.2, -0.15) is 0 Å². The third-order valence-electron chi connectivity index (χ3n) is 4.13. The van der Waals surface area contributed by atoms with E-state index < -0.39 is 15.5 Å². The first kappa shape index (κ1) is 14.3. The fourth-order valence-electron chi connectivity index (χ4n) is 2.72. The molecule has 0 saturated heterocycles. The second-order valence-corrected chi connectivity index (χ2v) is 6.99. The standard InChI is InChI=1S/C13H20N2O3S/c1-2-13(6-3-4-7-13)10-15-19(17,18)12-9-14-8-5-11(12)16/h5,8-9,15H,2-4,6-7,10H2,1H3,(H,14,16). The Hall–Kier alpha value is -1.14. The summed E-state index contributed by atoms with van der Waals surface area (Å²) in [6.07, 6.45) is 8.03. The van der Waals surface area contributed by atoms with Gasteiger partial charge in [0.05, 0.1) is 0 Å². The van der Waals surface area contributed by atoms with E-state index in [2.05, 4.69) is 16.6 Å². The molecule has 6 heteroatoms. The predicted molar refractivity (Wildman–Crippen MR) is 73.4 cm³/mol. The number of aromatic nitrogens is 1. The molecule has 1 aromatic heterocycles. The van der Waals surface area contributed by atoms with E-state index in [1.807, 2.05) is 0 Å². The SMILES string of the molecule is CCC1(CNS(=O)(=O)c2c[nH]ccc2=O)CCCC1. The van der Waals surface area contributed by atoms with Crippen molar-refractivity contribution in [3.05, 3.63) is 28.7 Å². The maximum Gasteiger partial charge on any atom is 0.245 e. The van der Waals surface area contributed by atoms with E-state index in [1.165, 1.54) is 18.5 Å². The highest BCUT2D eigenvalue weighted by Crippen LogP contribution is 2.40. The molecule has 1 saturated carbocycles. The molecule has 0 amide bonds. The largest absolute Gasteiger partial charge is 0.366 e. The van der Waals surface area contributed by atoms with Crippen molar-refractivity contribution in [2.45, 2.75) is 43.9 Å². The van der Waals surface area contributed by atoms with Crippen molar-refractivity contribution in [3.63, 3.8) is 0 Å². The third-order valence-corrected chi connectivity index (χ3v) is 5.55. The van der Waals surface area contributed by atoms with Gasteiger partial charge in [0.15, 0.2) is 0 Å². The van der Waals surface area contributed by atoms with Crippen LogP contribution in [0.5, 0.6) is 0 Å². The predicted octanol–water partition coefficient (Wildman–Crippen LogP) is 1.62. The summed E-state index contributed by atoms with van der Waals surface area (Å²) < 4.78 is 26.9. The normalized spacial score (nSPS) is 18.6. The summed E-state index contributed by atoms with van der Waals surface area (Å²) in [5.41, 5.74) is -0.419. The van der Waals surface area contributed by atoms with Crippen LogP contribution in [0, 0.1) is 5.41 Å². The summed E-state index contributed by atoms with van der Waals surface area (Å²) in [7, 11) is -3.72. The minimum atomic E-state index is -3.72. The van der Waals surface area contributed by atoms with Crippen LogP contribution in [0.15, 0.2) is 28.2 Å². The van der Waals surface area contributed by atoms with Crippen LogP contribution in [-0.4, -0.2) is 19.9 Å². The summed E-state index contributed by atoms with van der Waals surface area (Å²) in [4.78, 5) is 14.0. The quantitative estimate of drug-likeness (QED) is 0.862. The molecule has 0 unspecified atom stereocenters. The number of hydrogen-bond donors (Lipinski definition) is 2. The van der Waals surface area contributed by atoms with Gasteiger partial charge in [-0.3, -0.25) is 4.79 Å². The minimum Gasteiger partial charge on any atom is -0.366 e. The number of rotatable bonds is 5. The molecule has 1 aliphatic rings. The summed E-state index contributed by atoms with van der Waals surface area (Å²) in [6, 6.07) is 1.22. The fourth-order valence-corrected chi connectivity index (χ4v) is 3.92. The number of hydrogen-bond acceptors (Lipinski definition) is 3. The zero-order valence-electron chi connectivity index (χ0n) is 11.1. The van der Waals surface area contributed by atoms with E-state index in [1.54, 1.807) is 0 Å². The molecule has 1 fully saturated rings. The lowest BCUT2D eigenvalue weighted by Crippen LogP contribution is -2.37. The first-order valence-corrected chi connectivity index (χ1v) is 8.14. The second kappa shape index (κ2) is 5.46. The molecular weight excluding hydrogens is 264 g/mol. The highest BCUT2D eigenvalue weighted by atomic mass is 32.2. The number of aromatic amines is 1. The first-order valence-electron chi connectivity index (χ1n) is 6.66. The van der Waals surface area contributed by atoms with Crippen molar-refractivity contribution in [1.82, 2.24) is 9.71 Å². The number of H-pyrrole nitrogens is 1. The number of sulfonamides is 1. The van der Waals surface area contributed by atoms with Gasteiger partial charge in [-0.25, -0.2) is 13.1 Å². The molecule has 0 aromatic carbocycles. The first-order chi connectivity index (χ1) is 8.99. The Bertz CT molecular complexity index is 586. The lowest BCUT2D eigenvalue weighted by atomic mass is 9.84. The number of nitrogens with one attached hydrogen (secondary N) is 2. The fraction of sp³-hybridized carbons (Fsp3) is 0.615. The van der Waals surface area contributed by atoms with Crippen molar-refractivity contribution < 1.29 is 8.42 Å². The molecule has 0 atom stereocenters. The van der Waals surface area contributed by atoms with Crippen LogP contribution in [-0.2, 0) is 10.0 Å². The molecule has 0 radical (unpaired) electrons. The molecule has 1 aromatic rings. The molecule has 0 bridgehead atoms. The molecule has 2 N–H and O–H groups in total. The maximum absolute atomic E-state index is 12.1. The Labute approximate surface area is 113 Å². The van der Waals surface area contributed by atoms with Crippen LogP contribution in [0.2, 0.25) is 0 Å². The summed E-state index contributed by atoms with van der Waals surface area (Å²) in [6.45, 7) is 2.51. The van der Waals surface area contributed by atoms with Crippen LogP contribution in [0.1, 0.15) is 39.0 Å². The molecule has 2 rings (SSSR count). The summed E-state index contributed by atoms with van der Waals surface area (Å²) in [5.74, 6) is 0. The van der Waals surface area contributed by atoms with Crippen molar-refractivity contribution in [2.24, 2.45) is 5.41 Å². The summed E-state index contributed by atoms with van der Waals surface area (Å²) >= 11 is 0. The van der Waals surface area contributed by atoms with Gasteiger partial charge in [0.25, 0.3) is 0 Å². The van der Waals surface area contributed by atoms with Crippen LogP contribution < -0.4 is 10.2 Å². The van der Waals surface area contributed by atoms with Crippen LogP contribution in [0.4, 0.5) is 0 Å². The molecule has 19 heavy (non-hydrogen) atoms. The van der Waals surface area contributed by atoms with Crippen molar-refractivity contribution >= 4 is 10.0 Å². The Kier molecular flexibility index (Phi) is 4.10. The highest BCUT2D eigenvalue weighted by Gasteiger charge is 2.33. The Morgan fingerprint density at radius 2 is 2.05 bits per heavy atom. The average Bonchev–Trinajstić information content (AvgIpc) is 2.86. The molecule has 5 nitrogen and oxygen atoms in total. The van der Waals surface area contributed by atoms with Gasteiger partial charge in [-0.1, -0.05) is 19.8 Å². The van der Waals surface area contributed by atoms with E-state index in [0.717, 1.165) is 32.1 Å². The molecule has 1 heterocycles. The van der Waals surface area contributed by atoms with Crippen molar-refractivity contribution in [1.29, 1.82) is 0 Å². The topological polar surface area (TPSA) is 79.0 Å². The maximum atomic E-state index is 12.1. The Morgan fingerprint density at radius 1 is 1.37 bits per heavy atom. The van der Waals surface area contributed by atoms with Gasteiger partial charge < -0.3 is 4.98 Å². The van der Waals surface area contributed by atoms with Gasteiger partial charge in [-0.05, 0) is 24.7 Å². The summed E-state index contributed by atoms with van der Waals surface area (Å²) in [5, 5.41) is 0. The lowest BCUT2D eigenvalue weighted by Gasteiger charge is -2.27. The van der Waals surface area contributed by atoms with Gasteiger partial charge in [0.1, 0.15) is 4.90 Å². The van der Waals surface area contributed by atoms with Crippen LogP contribution in [0.3, 0.4) is 0 Å². The molecule has 106 valence electrons. The molecule has 0 spiro atoms. The smallest absolute Gasteiger partial charge is 0.245 e. The second-order valence-electron chi connectivity index (χ2n) is 5.26. The van der Waals surface area contributed by atoms with Gasteiger partial charge in [0.2, 0.25) is 15.5 Å². The minimum absolute atomic E-state index is 0.0641. The molecular formula is C13H20N2O3S. The number of pyridine rings is 1. The average molecular weight is 284 g/mol. The highest BCUT2D eigenvalue weighted by molar-refractivity contribution is 7.89. The van der Waals surface area contributed by atoms with Crippen LogP contribution in [0.25, 0.3) is 0 Å². The zero-order chi connectivity index (χ0) is 13.9. The molecule has 1 aliphatic carbocycles. The van der Waals surface area contributed by atoms with E-state index in [0.29, 0.717) is 6.54 Å². The van der Waals surface area contributed by atoms with Crippen molar-refractivity contribution in [2.75, 3.05) is 6.54 Å². The van der Waals surface area contributed by atoms with Crippen molar-refractivity contribution in [3.8, 4) is 0 Å².